The van der Waals surface area contributed by atoms with Crippen LogP contribution in [0.1, 0.15) is 33.6 Å². The number of ether oxygens (including phenoxy) is 1. The van der Waals surface area contributed by atoms with Crippen molar-refractivity contribution in [2.75, 3.05) is 7.11 Å². The second kappa shape index (κ2) is 10.5. The number of hydrogen-bond acceptors (Lipinski definition) is 2. The van der Waals surface area contributed by atoms with Gasteiger partial charge in [0.15, 0.2) is 5.90 Å². The molecule has 0 radical (unpaired) electrons. The van der Waals surface area contributed by atoms with Crippen molar-refractivity contribution in [3.8, 4) is 0 Å². The van der Waals surface area contributed by atoms with Gasteiger partial charge in [0.25, 0.3) is 0 Å². The van der Waals surface area contributed by atoms with Crippen LogP contribution in [0.25, 0.3) is 0 Å². The van der Waals surface area contributed by atoms with Crippen LogP contribution < -0.4 is 0 Å². The van der Waals surface area contributed by atoms with Crippen molar-refractivity contribution in [2.45, 2.75) is 33.6 Å². The first kappa shape index (κ1) is 11.3. The monoisotopic (exact) mass is 131 g/mol. The summed E-state index contributed by atoms with van der Waals surface area (Å²) in [4.78, 5) is 0. The lowest BCUT2D eigenvalue weighted by atomic mass is 10.3. The average molecular weight is 131 g/mol. The summed E-state index contributed by atoms with van der Waals surface area (Å²) in [7, 11) is 1.53. The predicted octanol–water partition coefficient (Wildman–Crippen LogP) is 2.44. The Kier molecular flexibility index (Phi) is 13.1. The van der Waals surface area contributed by atoms with Crippen molar-refractivity contribution in [1.29, 1.82) is 5.41 Å². The third-order valence-corrected chi connectivity index (χ3v) is 0.723. The molecule has 2 heteroatoms. The van der Waals surface area contributed by atoms with Crippen LogP contribution >= 0.6 is 0 Å². The summed E-state index contributed by atoms with van der Waals surface area (Å²) >= 11 is 0. The molecule has 0 fully saturated rings. The van der Waals surface area contributed by atoms with Crippen LogP contribution in [-0.4, -0.2) is 13.0 Å². The van der Waals surface area contributed by atoms with Crippen LogP contribution in [-0.2, 0) is 4.74 Å². The molecule has 0 amide bonds. The highest BCUT2D eigenvalue weighted by Gasteiger charge is 1.87. The lowest BCUT2D eigenvalue weighted by Gasteiger charge is -1.95. The fourth-order valence-electron chi connectivity index (χ4n) is 0.329. The summed E-state index contributed by atoms with van der Waals surface area (Å²) < 4.78 is 4.57. The van der Waals surface area contributed by atoms with E-state index >= 15 is 0 Å². The van der Waals surface area contributed by atoms with Crippen LogP contribution in [0.5, 0.6) is 0 Å². The highest BCUT2D eigenvalue weighted by Crippen LogP contribution is 1.87. The third-order valence-electron chi connectivity index (χ3n) is 0.723. The minimum absolute atomic E-state index is 0.377. The topological polar surface area (TPSA) is 33.1 Å². The summed E-state index contributed by atoms with van der Waals surface area (Å²) in [6, 6.07) is 0. The van der Waals surface area contributed by atoms with Gasteiger partial charge in [-0.15, -0.1) is 0 Å². The molecule has 0 atom stereocenters. The fraction of sp³-hybridized carbons (Fsp3) is 0.857. The van der Waals surface area contributed by atoms with Gasteiger partial charge < -0.3 is 4.74 Å². The van der Waals surface area contributed by atoms with Crippen LogP contribution in [0.3, 0.4) is 0 Å². The van der Waals surface area contributed by atoms with E-state index in [-0.39, 0.29) is 0 Å². The maximum atomic E-state index is 6.92. The van der Waals surface area contributed by atoms with Gasteiger partial charge in [-0.1, -0.05) is 20.8 Å². The Hall–Kier alpha value is -0.530. The molecule has 0 spiro atoms. The first-order chi connectivity index (χ1) is 4.31. The molecule has 1 N–H and O–H groups in total. The molecule has 0 aromatic heterocycles. The number of rotatable bonds is 2. The number of methoxy groups -OCH3 is 1. The lowest BCUT2D eigenvalue weighted by molar-refractivity contribution is 0.385. The zero-order chi connectivity index (χ0) is 7.70. The molecule has 56 valence electrons. The Bertz CT molecular complexity index is 61.9. The quantitative estimate of drug-likeness (QED) is 0.453. The summed E-state index contributed by atoms with van der Waals surface area (Å²) in [5, 5.41) is 6.92. The van der Waals surface area contributed by atoms with Gasteiger partial charge in [-0.05, 0) is 6.42 Å². The maximum absolute atomic E-state index is 6.92. The molecule has 0 rings (SSSR count). The summed E-state index contributed by atoms with van der Waals surface area (Å²) in [6.07, 6.45) is 1.75. The van der Waals surface area contributed by atoms with E-state index in [4.69, 9.17) is 5.41 Å². The first-order valence-corrected chi connectivity index (χ1v) is 3.42. The van der Waals surface area contributed by atoms with E-state index in [0.717, 1.165) is 12.8 Å². The summed E-state index contributed by atoms with van der Waals surface area (Å²) in [6.45, 7) is 6.02. The van der Waals surface area contributed by atoms with E-state index in [9.17, 15) is 0 Å². The Morgan fingerprint density at radius 3 is 2.00 bits per heavy atom. The van der Waals surface area contributed by atoms with E-state index in [0.29, 0.717) is 5.90 Å². The molecule has 0 aromatic rings. The summed E-state index contributed by atoms with van der Waals surface area (Å²) in [5.74, 6) is 0.377. The third kappa shape index (κ3) is 11.2. The zero-order valence-electron chi connectivity index (χ0n) is 6.82. The molecule has 0 heterocycles. The van der Waals surface area contributed by atoms with Gasteiger partial charge in [-0.3, -0.25) is 5.41 Å². The van der Waals surface area contributed by atoms with Gasteiger partial charge in [-0.25, -0.2) is 0 Å². The van der Waals surface area contributed by atoms with Gasteiger partial charge in [-0.2, -0.15) is 0 Å². The highest BCUT2D eigenvalue weighted by atomic mass is 16.5. The van der Waals surface area contributed by atoms with E-state index in [2.05, 4.69) is 4.74 Å². The molecule has 0 aliphatic heterocycles. The molecule has 0 saturated heterocycles. The van der Waals surface area contributed by atoms with Crippen molar-refractivity contribution in [1.82, 2.24) is 0 Å². The van der Waals surface area contributed by atoms with Gasteiger partial charge >= 0.3 is 0 Å². The van der Waals surface area contributed by atoms with Crippen molar-refractivity contribution >= 4 is 5.90 Å². The molecule has 0 aliphatic rings. The normalized spacial score (nSPS) is 7.11. The average Bonchev–Trinajstić information content (AvgIpc) is 1.93. The van der Waals surface area contributed by atoms with Gasteiger partial charge in [0.1, 0.15) is 0 Å². The Balaban J connectivity index is 0. The molecule has 0 aromatic carbocycles. The van der Waals surface area contributed by atoms with Crippen molar-refractivity contribution < 1.29 is 4.74 Å². The van der Waals surface area contributed by atoms with Crippen molar-refractivity contribution in [3.05, 3.63) is 0 Å². The predicted molar refractivity (Wildman–Crippen MR) is 41.0 cm³/mol. The maximum Gasteiger partial charge on any atom is 0.179 e. The van der Waals surface area contributed by atoms with Gasteiger partial charge in [0.2, 0.25) is 0 Å². The lowest BCUT2D eigenvalue weighted by Crippen LogP contribution is -1.96. The molecule has 0 bridgehead atoms. The highest BCUT2D eigenvalue weighted by molar-refractivity contribution is 5.72. The van der Waals surface area contributed by atoms with Gasteiger partial charge in [0, 0.05) is 6.42 Å². The Labute approximate surface area is 57.7 Å². The largest absolute Gasteiger partial charge is 0.484 e. The van der Waals surface area contributed by atoms with Crippen LogP contribution in [0.2, 0.25) is 0 Å². The van der Waals surface area contributed by atoms with E-state index < -0.39 is 0 Å². The van der Waals surface area contributed by atoms with Crippen LogP contribution in [0.4, 0.5) is 0 Å². The van der Waals surface area contributed by atoms with E-state index in [1.807, 2.05) is 20.8 Å². The first-order valence-electron chi connectivity index (χ1n) is 3.42. The van der Waals surface area contributed by atoms with E-state index in [1.54, 1.807) is 0 Å². The molecule has 2 nitrogen and oxygen atoms in total. The molecular formula is C7H17NO. The van der Waals surface area contributed by atoms with Crippen LogP contribution in [0.15, 0.2) is 0 Å². The van der Waals surface area contributed by atoms with Gasteiger partial charge in [0.05, 0.1) is 7.11 Å². The molecule has 0 saturated carbocycles. The second-order valence-corrected chi connectivity index (χ2v) is 1.38. The molecule has 0 unspecified atom stereocenters. The number of nitrogens with one attached hydrogen (secondary N) is 1. The SMILES string of the molecule is CC.CCCC(=N)OC. The molecular weight excluding hydrogens is 114 g/mol. The summed E-state index contributed by atoms with van der Waals surface area (Å²) in [5.41, 5.74) is 0. The van der Waals surface area contributed by atoms with Crippen molar-refractivity contribution in [3.63, 3.8) is 0 Å². The van der Waals surface area contributed by atoms with Crippen LogP contribution in [0, 0.1) is 5.41 Å². The zero-order valence-corrected chi connectivity index (χ0v) is 6.82. The Morgan fingerprint density at radius 1 is 1.44 bits per heavy atom. The minimum Gasteiger partial charge on any atom is -0.484 e. The second-order valence-electron chi connectivity index (χ2n) is 1.38. The smallest absolute Gasteiger partial charge is 0.179 e. The minimum atomic E-state index is 0.377. The molecule has 0 aliphatic carbocycles. The standard InChI is InChI=1S/C5H11NO.C2H6/c1-3-4-5(6)7-2;1-2/h6H,3-4H2,1-2H3;1-2H3. The molecule has 9 heavy (non-hydrogen) atoms. The van der Waals surface area contributed by atoms with E-state index in [1.165, 1.54) is 7.11 Å². The Morgan fingerprint density at radius 2 is 1.89 bits per heavy atom. The number of hydrogen-bond donors (Lipinski definition) is 1. The fourth-order valence-corrected chi connectivity index (χ4v) is 0.329. The van der Waals surface area contributed by atoms with Crippen molar-refractivity contribution in [2.24, 2.45) is 0 Å².